The van der Waals surface area contributed by atoms with Crippen molar-refractivity contribution in [2.75, 3.05) is 6.54 Å². The second-order valence-electron chi connectivity index (χ2n) is 7.51. The Hall–Kier alpha value is -0.890. The molecule has 0 saturated heterocycles. The van der Waals surface area contributed by atoms with Crippen LogP contribution in [0.15, 0.2) is 18.3 Å². The van der Waals surface area contributed by atoms with Gasteiger partial charge in [0.2, 0.25) is 0 Å². The number of hydrogen-bond acceptors (Lipinski definition) is 2. The van der Waals surface area contributed by atoms with E-state index in [4.69, 9.17) is 4.98 Å². The van der Waals surface area contributed by atoms with Crippen LogP contribution >= 0.6 is 0 Å². The lowest BCUT2D eigenvalue weighted by molar-refractivity contribution is 0.271. The molecule has 2 saturated carbocycles. The molecule has 3 aliphatic carbocycles. The number of rotatable bonds is 5. The van der Waals surface area contributed by atoms with Crippen LogP contribution in [0.2, 0.25) is 0 Å². The van der Waals surface area contributed by atoms with Gasteiger partial charge in [-0.15, -0.1) is 0 Å². The maximum Gasteiger partial charge on any atom is 0.0482 e. The highest BCUT2D eigenvalue weighted by Gasteiger charge is 2.49. The monoisotopic (exact) mass is 284 g/mol. The van der Waals surface area contributed by atoms with E-state index in [2.05, 4.69) is 24.4 Å². The first-order valence-corrected chi connectivity index (χ1v) is 9.04. The van der Waals surface area contributed by atoms with Crippen molar-refractivity contribution < 1.29 is 0 Å². The summed E-state index contributed by atoms with van der Waals surface area (Å²) in [5, 5.41) is 3.92. The summed E-state index contributed by atoms with van der Waals surface area (Å²) in [6.07, 6.45) is 11.6. The molecule has 1 aromatic heterocycles. The summed E-state index contributed by atoms with van der Waals surface area (Å²) in [5.41, 5.74) is 2.93. The molecule has 21 heavy (non-hydrogen) atoms. The van der Waals surface area contributed by atoms with Gasteiger partial charge in [-0.1, -0.05) is 13.0 Å². The number of aromatic nitrogens is 1. The zero-order valence-electron chi connectivity index (χ0n) is 13.2. The van der Waals surface area contributed by atoms with Crippen LogP contribution in [0.25, 0.3) is 0 Å². The molecule has 0 aromatic carbocycles. The molecule has 2 fully saturated rings. The molecule has 3 aliphatic rings. The van der Waals surface area contributed by atoms with E-state index in [9.17, 15) is 0 Å². The van der Waals surface area contributed by atoms with Gasteiger partial charge in [0.05, 0.1) is 0 Å². The molecule has 4 unspecified atom stereocenters. The standard InChI is InChI=1S/C19H28N2/c1-2-8-20-19(16-11-14-10-15(14)12-16)17-7-3-5-13-6-4-9-21-18(13)17/h4,6,9,14-17,19-20H,2-3,5,7-8,10-12H2,1H3. The summed E-state index contributed by atoms with van der Waals surface area (Å²) in [6.45, 7) is 3.44. The van der Waals surface area contributed by atoms with Crippen LogP contribution in [0.5, 0.6) is 0 Å². The van der Waals surface area contributed by atoms with Crippen LogP contribution in [0.1, 0.15) is 62.6 Å². The van der Waals surface area contributed by atoms with Gasteiger partial charge in [-0.25, -0.2) is 0 Å². The maximum absolute atomic E-state index is 4.79. The lowest BCUT2D eigenvalue weighted by atomic mass is 9.76. The van der Waals surface area contributed by atoms with Crippen molar-refractivity contribution in [2.45, 2.75) is 63.8 Å². The van der Waals surface area contributed by atoms with Crippen molar-refractivity contribution in [3.8, 4) is 0 Å². The van der Waals surface area contributed by atoms with Gasteiger partial charge < -0.3 is 5.32 Å². The Balaban J connectivity index is 1.57. The predicted octanol–water partition coefficient (Wildman–Crippen LogP) is 3.92. The van der Waals surface area contributed by atoms with Crippen molar-refractivity contribution in [1.82, 2.24) is 10.3 Å². The summed E-state index contributed by atoms with van der Waals surface area (Å²) in [5.74, 6) is 3.71. The molecule has 4 rings (SSSR count). The van der Waals surface area contributed by atoms with Crippen LogP contribution in [0.4, 0.5) is 0 Å². The van der Waals surface area contributed by atoms with Crippen LogP contribution in [-0.2, 0) is 6.42 Å². The van der Waals surface area contributed by atoms with Crippen LogP contribution in [-0.4, -0.2) is 17.6 Å². The molecule has 0 spiro atoms. The normalized spacial score (nSPS) is 35.1. The highest BCUT2D eigenvalue weighted by molar-refractivity contribution is 5.28. The molecule has 1 heterocycles. The molecule has 2 nitrogen and oxygen atoms in total. The van der Waals surface area contributed by atoms with Crippen LogP contribution < -0.4 is 5.32 Å². The number of pyridine rings is 1. The SMILES string of the molecule is CCCNC(C1CC2CC2C1)C1CCCc2cccnc21. The topological polar surface area (TPSA) is 24.9 Å². The van der Waals surface area contributed by atoms with E-state index >= 15 is 0 Å². The number of fused-ring (bicyclic) bond motifs is 2. The summed E-state index contributed by atoms with van der Waals surface area (Å²) in [7, 11) is 0. The largest absolute Gasteiger partial charge is 0.313 e. The smallest absolute Gasteiger partial charge is 0.0482 e. The van der Waals surface area contributed by atoms with E-state index in [-0.39, 0.29) is 0 Å². The van der Waals surface area contributed by atoms with E-state index < -0.39 is 0 Å². The predicted molar refractivity (Wildman–Crippen MR) is 86.3 cm³/mol. The maximum atomic E-state index is 4.79. The first kappa shape index (κ1) is 13.8. The molecule has 2 heteroatoms. The zero-order chi connectivity index (χ0) is 14.2. The van der Waals surface area contributed by atoms with Crippen molar-refractivity contribution in [1.29, 1.82) is 0 Å². The number of nitrogens with one attached hydrogen (secondary N) is 1. The van der Waals surface area contributed by atoms with Crippen molar-refractivity contribution in [3.63, 3.8) is 0 Å². The summed E-state index contributed by atoms with van der Waals surface area (Å²) in [6, 6.07) is 5.09. The second-order valence-corrected chi connectivity index (χ2v) is 7.51. The highest BCUT2D eigenvalue weighted by atomic mass is 14.9. The minimum absolute atomic E-state index is 0.656. The lowest BCUT2D eigenvalue weighted by Crippen LogP contribution is -2.42. The van der Waals surface area contributed by atoms with Gasteiger partial charge in [0.15, 0.2) is 0 Å². The molecular weight excluding hydrogens is 256 g/mol. The van der Waals surface area contributed by atoms with Crippen molar-refractivity contribution >= 4 is 0 Å². The molecule has 114 valence electrons. The molecule has 0 bridgehead atoms. The molecule has 0 amide bonds. The molecule has 1 aromatic rings. The minimum Gasteiger partial charge on any atom is -0.313 e. The third-order valence-electron chi connectivity index (χ3n) is 6.09. The van der Waals surface area contributed by atoms with Gasteiger partial charge in [0.25, 0.3) is 0 Å². The first-order chi connectivity index (χ1) is 10.4. The Kier molecular flexibility index (Phi) is 3.74. The van der Waals surface area contributed by atoms with Crippen molar-refractivity contribution in [3.05, 3.63) is 29.6 Å². The van der Waals surface area contributed by atoms with Gasteiger partial charge in [-0.05, 0) is 80.9 Å². The van der Waals surface area contributed by atoms with Gasteiger partial charge in [-0.3, -0.25) is 4.98 Å². The molecule has 0 aliphatic heterocycles. The number of nitrogens with zero attached hydrogens (tertiary/aromatic N) is 1. The second kappa shape index (κ2) is 5.72. The third-order valence-corrected chi connectivity index (χ3v) is 6.09. The Morgan fingerprint density at radius 1 is 1.29 bits per heavy atom. The Bertz CT molecular complexity index is 488. The van der Waals surface area contributed by atoms with Crippen LogP contribution in [0, 0.1) is 17.8 Å². The lowest BCUT2D eigenvalue weighted by Gasteiger charge is -2.36. The van der Waals surface area contributed by atoms with Gasteiger partial charge in [0, 0.05) is 23.9 Å². The average molecular weight is 284 g/mol. The van der Waals surface area contributed by atoms with E-state index in [0.29, 0.717) is 12.0 Å². The summed E-state index contributed by atoms with van der Waals surface area (Å²) in [4.78, 5) is 4.79. The number of hydrogen-bond donors (Lipinski definition) is 1. The molecule has 1 N–H and O–H groups in total. The molecule has 0 radical (unpaired) electrons. The third kappa shape index (κ3) is 2.63. The Labute approximate surface area is 128 Å². The average Bonchev–Trinajstić information content (AvgIpc) is 3.14. The first-order valence-electron chi connectivity index (χ1n) is 9.04. The zero-order valence-corrected chi connectivity index (χ0v) is 13.2. The fourth-order valence-corrected chi connectivity index (χ4v) is 5.00. The highest BCUT2D eigenvalue weighted by Crippen LogP contribution is 2.56. The quantitative estimate of drug-likeness (QED) is 0.886. The number of aryl methyl sites for hydroxylation is 1. The van der Waals surface area contributed by atoms with E-state index in [1.54, 1.807) is 0 Å². The van der Waals surface area contributed by atoms with E-state index in [0.717, 1.165) is 24.3 Å². The van der Waals surface area contributed by atoms with Gasteiger partial charge in [-0.2, -0.15) is 0 Å². The Morgan fingerprint density at radius 3 is 2.95 bits per heavy atom. The van der Waals surface area contributed by atoms with Gasteiger partial charge in [0.1, 0.15) is 0 Å². The fraction of sp³-hybridized carbons (Fsp3) is 0.737. The van der Waals surface area contributed by atoms with Gasteiger partial charge >= 0.3 is 0 Å². The molecule has 4 atom stereocenters. The van der Waals surface area contributed by atoms with E-state index in [1.165, 1.54) is 56.2 Å². The fourth-order valence-electron chi connectivity index (χ4n) is 5.00. The van der Waals surface area contributed by atoms with Crippen LogP contribution in [0.3, 0.4) is 0 Å². The van der Waals surface area contributed by atoms with E-state index in [1.807, 2.05) is 6.20 Å². The summed E-state index contributed by atoms with van der Waals surface area (Å²) < 4.78 is 0. The summed E-state index contributed by atoms with van der Waals surface area (Å²) >= 11 is 0. The minimum atomic E-state index is 0.656. The Morgan fingerprint density at radius 2 is 2.14 bits per heavy atom. The van der Waals surface area contributed by atoms with Crippen molar-refractivity contribution in [2.24, 2.45) is 17.8 Å². The molecular formula is C19H28N2.